The number of pyridine rings is 1. The Bertz CT molecular complexity index is 935. The van der Waals surface area contributed by atoms with Gasteiger partial charge in [-0.15, -0.1) is 5.10 Å². The minimum Gasteiger partial charge on any atom is -0.262 e. The van der Waals surface area contributed by atoms with Crippen LogP contribution >= 0.6 is 34.8 Å². The third kappa shape index (κ3) is 3.29. The van der Waals surface area contributed by atoms with Crippen LogP contribution < -0.4 is 0 Å². The molecule has 2 aromatic heterocycles. The van der Waals surface area contributed by atoms with Gasteiger partial charge >= 0.3 is 6.18 Å². The predicted molar refractivity (Wildman–Crippen MR) is 84.6 cm³/mol. The molecule has 0 spiro atoms. The Balaban J connectivity index is 2.30. The van der Waals surface area contributed by atoms with Gasteiger partial charge in [0.05, 0.1) is 27.0 Å². The summed E-state index contributed by atoms with van der Waals surface area (Å²) in [5, 5.41) is 6.17. The number of hydrogen-bond acceptors (Lipinski definition) is 3. The number of halogens is 7. The van der Waals surface area contributed by atoms with Crippen molar-refractivity contribution in [3.8, 4) is 16.8 Å². The third-order valence-electron chi connectivity index (χ3n) is 3.21. The molecule has 0 bridgehead atoms. The maximum atomic E-state index is 14.7. The molecule has 0 saturated carbocycles. The molecule has 1 aromatic carbocycles. The zero-order valence-electron chi connectivity index (χ0n) is 11.8. The van der Waals surface area contributed by atoms with Crippen LogP contribution in [0, 0.1) is 5.82 Å². The Labute approximate surface area is 152 Å². The van der Waals surface area contributed by atoms with Crippen LogP contribution in [0.5, 0.6) is 0 Å². The monoisotopic (exact) mass is 410 g/mol. The first-order chi connectivity index (χ1) is 11.7. The average molecular weight is 412 g/mol. The second-order valence-corrected chi connectivity index (χ2v) is 6.00. The minimum atomic E-state index is -4.70. The van der Waals surface area contributed by atoms with E-state index in [1.807, 2.05) is 0 Å². The molecule has 11 heteroatoms. The van der Waals surface area contributed by atoms with Crippen molar-refractivity contribution in [1.29, 1.82) is 0 Å². The lowest BCUT2D eigenvalue weighted by atomic mass is 10.0. The highest BCUT2D eigenvalue weighted by molar-refractivity contribution is 6.39. The number of nitrogens with zero attached hydrogens (tertiary/aromatic N) is 4. The van der Waals surface area contributed by atoms with E-state index in [0.717, 1.165) is 4.68 Å². The molecular weight excluding hydrogens is 407 g/mol. The molecule has 0 N–H and O–H groups in total. The number of hydrogen-bond donors (Lipinski definition) is 0. The van der Waals surface area contributed by atoms with Crippen molar-refractivity contribution in [3.05, 3.63) is 57.3 Å². The Kier molecular flexibility index (Phi) is 4.61. The van der Waals surface area contributed by atoms with E-state index in [1.54, 1.807) is 0 Å². The van der Waals surface area contributed by atoms with Gasteiger partial charge in [-0.3, -0.25) is 4.98 Å². The van der Waals surface area contributed by atoms with Gasteiger partial charge in [-0.25, -0.2) is 9.07 Å². The van der Waals surface area contributed by atoms with Crippen LogP contribution in [0.25, 0.3) is 16.8 Å². The number of benzene rings is 1. The zero-order chi connectivity index (χ0) is 18.4. The molecule has 0 aliphatic heterocycles. The van der Waals surface area contributed by atoms with Crippen molar-refractivity contribution < 1.29 is 17.6 Å². The third-order valence-corrected chi connectivity index (χ3v) is 4.07. The van der Waals surface area contributed by atoms with Crippen LogP contribution in [0.3, 0.4) is 0 Å². The SMILES string of the molecule is Fc1c(Cl)ccc(-n2cc(C(F)(F)F)nn2)c1-c1c(Cl)cncc1Cl. The van der Waals surface area contributed by atoms with E-state index in [4.69, 9.17) is 34.8 Å². The van der Waals surface area contributed by atoms with Gasteiger partial charge in [-0.1, -0.05) is 40.0 Å². The van der Waals surface area contributed by atoms with E-state index in [0.29, 0.717) is 6.20 Å². The molecule has 3 rings (SSSR count). The Morgan fingerprint density at radius 2 is 1.56 bits per heavy atom. The second kappa shape index (κ2) is 6.44. The van der Waals surface area contributed by atoms with Gasteiger partial charge in [0.2, 0.25) is 0 Å². The van der Waals surface area contributed by atoms with Gasteiger partial charge in [-0.05, 0) is 12.1 Å². The van der Waals surface area contributed by atoms with Crippen LogP contribution in [-0.4, -0.2) is 20.0 Å². The summed E-state index contributed by atoms with van der Waals surface area (Å²) >= 11 is 17.9. The molecule has 0 amide bonds. The Morgan fingerprint density at radius 3 is 2.12 bits per heavy atom. The van der Waals surface area contributed by atoms with Crippen LogP contribution in [0.2, 0.25) is 15.1 Å². The highest BCUT2D eigenvalue weighted by Crippen LogP contribution is 2.41. The molecule has 25 heavy (non-hydrogen) atoms. The average Bonchev–Trinajstić information content (AvgIpc) is 3.01. The van der Waals surface area contributed by atoms with Crippen molar-refractivity contribution in [1.82, 2.24) is 20.0 Å². The number of rotatable bonds is 2. The quantitative estimate of drug-likeness (QED) is 0.527. The largest absolute Gasteiger partial charge is 0.436 e. The van der Waals surface area contributed by atoms with Gasteiger partial charge < -0.3 is 0 Å². The first-order valence-corrected chi connectivity index (χ1v) is 7.61. The zero-order valence-corrected chi connectivity index (χ0v) is 14.1. The van der Waals surface area contributed by atoms with Gasteiger partial charge in [-0.2, -0.15) is 13.2 Å². The molecule has 4 nitrogen and oxygen atoms in total. The lowest BCUT2D eigenvalue weighted by Gasteiger charge is -2.14. The molecule has 0 unspecified atom stereocenters. The van der Waals surface area contributed by atoms with Gasteiger partial charge in [0, 0.05) is 23.5 Å². The highest BCUT2D eigenvalue weighted by atomic mass is 35.5. The summed E-state index contributed by atoms with van der Waals surface area (Å²) < 4.78 is 53.7. The molecule has 0 aliphatic rings. The van der Waals surface area contributed by atoms with Crippen molar-refractivity contribution in [2.45, 2.75) is 6.18 Å². The summed E-state index contributed by atoms with van der Waals surface area (Å²) in [4.78, 5) is 3.76. The Morgan fingerprint density at radius 1 is 0.920 bits per heavy atom. The fourth-order valence-electron chi connectivity index (χ4n) is 2.13. The molecule has 0 fully saturated rings. The first-order valence-electron chi connectivity index (χ1n) is 6.47. The van der Waals surface area contributed by atoms with E-state index >= 15 is 0 Å². The molecule has 0 saturated heterocycles. The van der Waals surface area contributed by atoms with Crippen LogP contribution in [0.15, 0.2) is 30.7 Å². The predicted octanol–water partition coefficient (Wildman–Crippen LogP) is 5.45. The fourth-order valence-corrected chi connectivity index (χ4v) is 2.84. The molecule has 0 atom stereocenters. The van der Waals surface area contributed by atoms with Gasteiger partial charge in [0.1, 0.15) is 0 Å². The van der Waals surface area contributed by atoms with E-state index in [1.165, 1.54) is 24.5 Å². The summed E-state index contributed by atoms with van der Waals surface area (Å²) in [5.74, 6) is -0.918. The summed E-state index contributed by atoms with van der Waals surface area (Å²) in [6.07, 6.45) is -1.64. The van der Waals surface area contributed by atoms with Crippen LogP contribution in [0.4, 0.5) is 17.6 Å². The van der Waals surface area contributed by atoms with Gasteiger partial charge in [0.15, 0.2) is 11.5 Å². The molecule has 0 radical (unpaired) electrons. The van der Waals surface area contributed by atoms with E-state index < -0.39 is 17.7 Å². The highest BCUT2D eigenvalue weighted by Gasteiger charge is 2.35. The fraction of sp³-hybridized carbons (Fsp3) is 0.0714. The normalized spacial score (nSPS) is 11.8. The van der Waals surface area contributed by atoms with E-state index in [2.05, 4.69) is 15.3 Å². The molecule has 3 aromatic rings. The summed E-state index contributed by atoms with van der Waals surface area (Å²) in [6, 6.07) is 2.45. The van der Waals surface area contributed by atoms with Crippen LogP contribution in [0.1, 0.15) is 5.69 Å². The molecule has 0 aliphatic carbocycles. The van der Waals surface area contributed by atoms with Crippen molar-refractivity contribution in [3.63, 3.8) is 0 Å². The van der Waals surface area contributed by atoms with Crippen LogP contribution in [-0.2, 0) is 6.18 Å². The van der Waals surface area contributed by atoms with E-state index in [-0.39, 0.29) is 31.9 Å². The Hall–Kier alpha value is -1.90. The smallest absolute Gasteiger partial charge is 0.262 e. The van der Waals surface area contributed by atoms with E-state index in [9.17, 15) is 17.6 Å². The summed E-state index contributed by atoms with van der Waals surface area (Å²) in [5.41, 5.74) is -1.50. The second-order valence-electron chi connectivity index (χ2n) is 4.78. The number of alkyl halides is 3. The summed E-state index contributed by atoms with van der Waals surface area (Å²) in [6.45, 7) is 0. The minimum absolute atomic E-state index is 0.00826. The summed E-state index contributed by atoms with van der Waals surface area (Å²) in [7, 11) is 0. The molecular formula is C14H5Cl3F4N4. The van der Waals surface area contributed by atoms with Crippen molar-refractivity contribution in [2.75, 3.05) is 0 Å². The van der Waals surface area contributed by atoms with Crippen molar-refractivity contribution in [2.24, 2.45) is 0 Å². The maximum Gasteiger partial charge on any atom is 0.436 e. The molecule has 130 valence electrons. The topological polar surface area (TPSA) is 43.6 Å². The lowest BCUT2D eigenvalue weighted by molar-refractivity contribution is -0.141. The first kappa shape index (κ1) is 17.9. The molecule has 2 heterocycles. The maximum absolute atomic E-state index is 14.7. The van der Waals surface area contributed by atoms with Gasteiger partial charge in [0.25, 0.3) is 0 Å². The standard InChI is InChI=1S/C14H5Cl3F4N4/c15-6-1-2-9(25-5-10(23-24-25)14(19,20)21)12(13(6)18)11-7(16)3-22-4-8(11)17/h1-5H. The van der Waals surface area contributed by atoms with Crippen molar-refractivity contribution >= 4 is 34.8 Å². The lowest BCUT2D eigenvalue weighted by Crippen LogP contribution is -2.05. The number of aromatic nitrogens is 4.